The summed E-state index contributed by atoms with van der Waals surface area (Å²) >= 11 is 4.71. The number of thiazole rings is 1. The van der Waals surface area contributed by atoms with E-state index >= 15 is 0 Å². The third-order valence-corrected chi connectivity index (χ3v) is 7.02. The summed E-state index contributed by atoms with van der Waals surface area (Å²) in [6, 6.07) is 2.21. The molecule has 0 aromatic carbocycles. The molecule has 3 aromatic rings. The molecule has 116 valence electrons. The quantitative estimate of drug-likeness (QED) is 0.700. The van der Waals surface area contributed by atoms with Crippen molar-refractivity contribution in [1.82, 2.24) is 15.0 Å². The summed E-state index contributed by atoms with van der Waals surface area (Å²) in [5, 5.41) is 13.7. The zero-order chi connectivity index (χ0) is 15.8. The van der Waals surface area contributed by atoms with Gasteiger partial charge in [0, 0.05) is 4.88 Å². The van der Waals surface area contributed by atoms with Gasteiger partial charge in [0.25, 0.3) is 0 Å². The second kappa shape index (κ2) is 6.07. The fraction of sp³-hybridized carbons (Fsp3) is 0.333. The number of aromatic nitrogens is 3. The van der Waals surface area contributed by atoms with Gasteiger partial charge in [0.05, 0.1) is 5.39 Å². The molecule has 3 heterocycles. The first kappa shape index (κ1) is 14.9. The molecular weight excluding hydrogens is 346 g/mol. The van der Waals surface area contributed by atoms with Crippen LogP contribution in [0.1, 0.15) is 28.2 Å². The van der Waals surface area contributed by atoms with Crippen molar-refractivity contribution in [3.8, 4) is 6.07 Å². The molecule has 0 bridgehead atoms. The van der Waals surface area contributed by atoms with Crippen molar-refractivity contribution in [3.63, 3.8) is 0 Å². The monoisotopic (exact) mass is 359 g/mol. The van der Waals surface area contributed by atoms with Gasteiger partial charge in [-0.25, -0.2) is 15.0 Å². The summed E-state index contributed by atoms with van der Waals surface area (Å²) in [5.74, 6) is 1.36. The average Bonchev–Trinajstić information content (AvgIpc) is 3.15. The highest BCUT2D eigenvalue weighted by atomic mass is 32.2. The largest absolute Gasteiger partial charge is 0.322 e. The smallest absolute Gasteiger partial charge is 0.162 e. The number of nitrogens with one attached hydrogen (secondary N) is 1. The minimum absolute atomic E-state index is 0.588. The van der Waals surface area contributed by atoms with E-state index in [1.54, 1.807) is 29.4 Å². The number of nitrogens with zero attached hydrogens (tertiary/aromatic N) is 4. The number of aryl methyl sites for hydroxylation is 2. The number of nitriles is 1. The highest BCUT2D eigenvalue weighted by molar-refractivity contribution is 8.00. The summed E-state index contributed by atoms with van der Waals surface area (Å²) in [6.07, 6.45) is 8.21. The molecule has 0 radical (unpaired) electrons. The van der Waals surface area contributed by atoms with Crippen LogP contribution >= 0.6 is 34.4 Å². The number of fused-ring (bicyclic) bond motifs is 3. The van der Waals surface area contributed by atoms with Gasteiger partial charge in [-0.3, -0.25) is 0 Å². The van der Waals surface area contributed by atoms with E-state index in [1.165, 1.54) is 34.6 Å². The van der Waals surface area contributed by atoms with Gasteiger partial charge in [-0.1, -0.05) is 23.1 Å². The standard InChI is InChI=1S/C15H13N5S3/c1-21-15-20-12(10(6-16)23-15)19-13-11-8-4-2-3-5-9(8)22-14(11)18-7-17-13/h7H,2-5H2,1H3,(H,17,18,19). The Morgan fingerprint density at radius 2 is 2.09 bits per heavy atom. The van der Waals surface area contributed by atoms with Crippen molar-refractivity contribution in [2.24, 2.45) is 0 Å². The zero-order valence-corrected chi connectivity index (χ0v) is 14.9. The second-order valence-electron chi connectivity index (χ2n) is 5.21. The van der Waals surface area contributed by atoms with E-state index in [0.29, 0.717) is 10.7 Å². The lowest BCUT2D eigenvalue weighted by molar-refractivity contribution is 0.700. The lowest BCUT2D eigenvalue weighted by Gasteiger charge is -2.11. The third-order valence-electron chi connectivity index (χ3n) is 3.87. The van der Waals surface area contributed by atoms with Gasteiger partial charge in [-0.2, -0.15) is 5.26 Å². The Bertz CT molecular complexity index is 921. The lowest BCUT2D eigenvalue weighted by atomic mass is 9.97. The maximum Gasteiger partial charge on any atom is 0.162 e. The Kier molecular flexibility index (Phi) is 3.93. The molecule has 3 aromatic heterocycles. The van der Waals surface area contributed by atoms with Crippen LogP contribution in [0, 0.1) is 11.3 Å². The molecule has 1 aliphatic carbocycles. The van der Waals surface area contributed by atoms with Gasteiger partial charge in [0.1, 0.15) is 27.9 Å². The fourth-order valence-corrected chi connectivity index (χ4v) is 5.39. The molecule has 1 N–H and O–H groups in total. The van der Waals surface area contributed by atoms with Crippen molar-refractivity contribution in [1.29, 1.82) is 5.26 Å². The molecule has 0 amide bonds. The Morgan fingerprint density at radius 3 is 2.91 bits per heavy atom. The third kappa shape index (κ3) is 2.59. The highest BCUT2D eigenvalue weighted by Crippen LogP contribution is 2.39. The second-order valence-corrected chi connectivity index (χ2v) is 8.35. The van der Waals surface area contributed by atoms with E-state index < -0.39 is 0 Å². The normalized spacial score (nSPS) is 13.7. The van der Waals surface area contributed by atoms with Crippen LogP contribution < -0.4 is 5.32 Å². The molecule has 0 aliphatic heterocycles. The molecule has 1 aliphatic rings. The van der Waals surface area contributed by atoms with Crippen LogP contribution in [0.5, 0.6) is 0 Å². The van der Waals surface area contributed by atoms with Gasteiger partial charge < -0.3 is 5.32 Å². The number of anilines is 2. The minimum atomic E-state index is 0.588. The summed E-state index contributed by atoms with van der Waals surface area (Å²) in [7, 11) is 0. The minimum Gasteiger partial charge on any atom is -0.322 e. The highest BCUT2D eigenvalue weighted by Gasteiger charge is 2.21. The molecule has 23 heavy (non-hydrogen) atoms. The van der Waals surface area contributed by atoms with Crippen LogP contribution in [0.25, 0.3) is 10.2 Å². The molecule has 0 atom stereocenters. The van der Waals surface area contributed by atoms with E-state index in [2.05, 4.69) is 26.3 Å². The van der Waals surface area contributed by atoms with Crippen LogP contribution in [0.2, 0.25) is 0 Å². The Balaban J connectivity index is 1.82. The number of hydrogen-bond acceptors (Lipinski definition) is 8. The molecule has 0 spiro atoms. The number of thiophene rings is 1. The van der Waals surface area contributed by atoms with E-state index in [9.17, 15) is 5.26 Å². The van der Waals surface area contributed by atoms with E-state index in [4.69, 9.17) is 0 Å². The molecule has 0 unspecified atom stereocenters. The van der Waals surface area contributed by atoms with Crippen molar-refractivity contribution in [3.05, 3.63) is 21.6 Å². The Hall–Kier alpha value is -1.69. The first-order valence-corrected chi connectivity index (χ1v) is 10.1. The predicted molar refractivity (Wildman–Crippen MR) is 95.9 cm³/mol. The molecular formula is C15H13N5S3. The summed E-state index contributed by atoms with van der Waals surface area (Å²) in [4.78, 5) is 16.4. The predicted octanol–water partition coefficient (Wildman–Crippen LogP) is 4.36. The van der Waals surface area contributed by atoms with Gasteiger partial charge in [0.2, 0.25) is 0 Å². The van der Waals surface area contributed by atoms with Crippen LogP contribution in [0.4, 0.5) is 11.6 Å². The van der Waals surface area contributed by atoms with Gasteiger partial charge >= 0.3 is 0 Å². The Morgan fingerprint density at radius 1 is 1.22 bits per heavy atom. The Labute approximate surface area is 145 Å². The molecule has 0 saturated carbocycles. The van der Waals surface area contributed by atoms with Crippen molar-refractivity contribution in [2.45, 2.75) is 30.0 Å². The molecule has 5 nitrogen and oxygen atoms in total. The molecule has 0 saturated heterocycles. The average molecular weight is 360 g/mol. The number of hydrogen-bond donors (Lipinski definition) is 1. The van der Waals surface area contributed by atoms with Crippen molar-refractivity contribution in [2.75, 3.05) is 11.6 Å². The number of thioether (sulfide) groups is 1. The van der Waals surface area contributed by atoms with Crippen LogP contribution in [-0.2, 0) is 12.8 Å². The summed E-state index contributed by atoms with van der Waals surface area (Å²) in [5.41, 5.74) is 1.37. The lowest BCUT2D eigenvalue weighted by Crippen LogP contribution is -2.01. The van der Waals surface area contributed by atoms with E-state index in [1.807, 2.05) is 6.26 Å². The maximum atomic E-state index is 9.31. The van der Waals surface area contributed by atoms with E-state index in [-0.39, 0.29) is 0 Å². The number of rotatable bonds is 3. The topological polar surface area (TPSA) is 74.5 Å². The molecule has 0 fully saturated rings. The first-order chi connectivity index (χ1) is 11.3. The van der Waals surface area contributed by atoms with E-state index in [0.717, 1.165) is 33.2 Å². The fourth-order valence-electron chi connectivity index (χ4n) is 2.85. The van der Waals surface area contributed by atoms with Crippen LogP contribution in [-0.4, -0.2) is 21.2 Å². The van der Waals surface area contributed by atoms with Gasteiger partial charge in [0.15, 0.2) is 10.2 Å². The summed E-state index contributed by atoms with van der Waals surface area (Å²) < 4.78 is 0.877. The van der Waals surface area contributed by atoms with Gasteiger partial charge in [-0.05, 0) is 37.5 Å². The van der Waals surface area contributed by atoms with Crippen LogP contribution in [0.3, 0.4) is 0 Å². The zero-order valence-electron chi connectivity index (χ0n) is 12.4. The summed E-state index contributed by atoms with van der Waals surface area (Å²) in [6.45, 7) is 0. The SMILES string of the molecule is CSc1nc(Nc2ncnc3sc4c(c23)CCCC4)c(C#N)s1. The van der Waals surface area contributed by atoms with Crippen molar-refractivity contribution >= 4 is 56.3 Å². The maximum absolute atomic E-state index is 9.31. The van der Waals surface area contributed by atoms with Gasteiger partial charge in [-0.15, -0.1) is 11.3 Å². The van der Waals surface area contributed by atoms with Crippen LogP contribution in [0.15, 0.2) is 10.7 Å². The first-order valence-electron chi connectivity index (χ1n) is 7.27. The molecule has 8 heteroatoms. The molecule has 4 rings (SSSR count). The van der Waals surface area contributed by atoms with Crippen molar-refractivity contribution < 1.29 is 0 Å².